The van der Waals surface area contributed by atoms with Crippen LogP contribution < -0.4 is 26.1 Å². The van der Waals surface area contributed by atoms with Crippen LogP contribution in [0.5, 0.6) is 5.75 Å². The van der Waals surface area contributed by atoms with Gasteiger partial charge < -0.3 is 35.7 Å². The fourth-order valence-electron chi connectivity index (χ4n) is 4.01. The minimum Gasteiger partial charge on any atom is -0.493 e. The van der Waals surface area contributed by atoms with E-state index in [1.54, 1.807) is 14.0 Å². The van der Waals surface area contributed by atoms with Crippen molar-refractivity contribution in [3.63, 3.8) is 0 Å². The Morgan fingerprint density at radius 2 is 2.00 bits per heavy atom. The number of methoxy groups -OCH3 is 1. The summed E-state index contributed by atoms with van der Waals surface area (Å²) in [5.41, 5.74) is 13.1. The molecule has 3 aromatic rings. The Morgan fingerprint density at radius 1 is 1.24 bits per heavy atom. The van der Waals surface area contributed by atoms with E-state index >= 15 is 0 Å². The number of ether oxygens (including phenoxy) is 2. The number of aryl methyl sites for hydroxylation is 1. The highest BCUT2D eigenvalue weighted by molar-refractivity contribution is 7.52. The van der Waals surface area contributed by atoms with Crippen LogP contribution in [-0.2, 0) is 33.5 Å². The number of amides is 1. The molecule has 1 aromatic carbocycles. The van der Waals surface area contributed by atoms with Crippen LogP contribution in [0.25, 0.3) is 11.0 Å². The highest BCUT2D eigenvalue weighted by Crippen LogP contribution is 2.42. The number of benzene rings is 1. The van der Waals surface area contributed by atoms with Crippen LogP contribution in [0.3, 0.4) is 0 Å². The van der Waals surface area contributed by atoms with Gasteiger partial charge in [-0.1, -0.05) is 11.6 Å². The number of hydrogen-bond donors (Lipinski definition) is 4. The number of hydrogen-bond acceptors (Lipinski definition) is 9. The summed E-state index contributed by atoms with van der Waals surface area (Å²) in [5.74, 6) is 0.717. The summed E-state index contributed by atoms with van der Waals surface area (Å²) in [7, 11) is -1.97. The van der Waals surface area contributed by atoms with Gasteiger partial charge in [-0.3, -0.25) is 9.36 Å². The largest absolute Gasteiger partial charge is 0.493 e. The summed E-state index contributed by atoms with van der Waals surface area (Å²) in [5, 5.41) is 2.74. The fourth-order valence-corrected chi connectivity index (χ4v) is 5.20. The van der Waals surface area contributed by atoms with Gasteiger partial charge in [0, 0.05) is 13.2 Å². The van der Waals surface area contributed by atoms with Crippen LogP contribution in [0, 0.1) is 0 Å². The first-order valence-electron chi connectivity index (χ1n) is 12.1. The van der Waals surface area contributed by atoms with Crippen molar-refractivity contribution in [3.05, 3.63) is 34.9 Å². The SMILES string of the molecule is CCOP(=O)(O)CCCOc1ccc2c(c1)n(CC)c(CNC(=O)c1nc(Cl)c(N)nc1N)[n+]2CCOC. The van der Waals surface area contributed by atoms with Gasteiger partial charge in [0.05, 0.1) is 32.5 Å². The molecule has 0 aliphatic rings. The molecule has 1 atom stereocenters. The quantitative estimate of drug-likeness (QED) is 0.127. The Balaban J connectivity index is 1.84. The lowest BCUT2D eigenvalue weighted by molar-refractivity contribution is -0.681. The number of carbonyl (C=O) groups excluding carboxylic acids is 1. The number of rotatable bonds is 14. The monoisotopic (exact) mass is 570 g/mol. The molecule has 0 aliphatic carbocycles. The van der Waals surface area contributed by atoms with Crippen molar-refractivity contribution in [2.75, 3.05) is 44.6 Å². The molecule has 6 N–H and O–H groups in total. The first kappa shape index (κ1) is 29.6. The topological polar surface area (TPSA) is 181 Å². The number of nitrogens with one attached hydrogen (secondary N) is 1. The van der Waals surface area contributed by atoms with Crippen LogP contribution in [0.2, 0.25) is 5.15 Å². The van der Waals surface area contributed by atoms with Crippen molar-refractivity contribution < 1.29 is 32.8 Å². The van der Waals surface area contributed by atoms with E-state index < -0.39 is 13.5 Å². The minimum absolute atomic E-state index is 0.0173. The number of imidazole rings is 1. The normalized spacial score (nSPS) is 13.0. The molecule has 2 aromatic heterocycles. The van der Waals surface area contributed by atoms with E-state index in [0.717, 1.165) is 16.9 Å². The average Bonchev–Trinajstić information content (AvgIpc) is 3.17. The van der Waals surface area contributed by atoms with Crippen LogP contribution >= 0.6 is 19.2 Å². The van der Waals surface area contributed by atoms with Gasteiger partial charge in [-0.2, -0.15) is 0 Å². The third kappa shape index (κ3) is 7.12. The summed E-state index contributed by atoms with van der Waals surface area (Å²) < 4.78 is 32.0. The Hall–Kier alpha value is -2.96. The van der Waals surface area contributed by atoms with Gasteiger partial charge in [0.15, 0.2) is 33.5 Å². The molecule has 0 spiro atoms. The number of fused-ring (bicyclic) bond motifs is 1. The molecular formula is C23H34ClN7O6P+. The highest BCUT2D eigenvalue weighted by atomic mass is 35.5. The third-order valence-electron chi connectivity index (χ3n) is 5.70. The third-order valence-corrected chi connectivity index (χ3v) is 7.52. The molecule has 0 fully saturated rings. The Bertz CT molecular complexity index is 1340. The predicted octanol–water partition coefficient (Wildman–Crippen LogP) is 2.12. The molecule has 38 heavy (non-hydrogen) atoms. The maximum atomic E-state index is 12.9. The molecule has 1 unspecified atom stereocenters. The lowest BCUT2D eigenvalue weighted by Gasteiger charge is -2.11. The lowest BCUT2D eigenvalue weighted by Crippen LogP contribution is -2.42. The van der Waals surface area contributed by atoms with Crippen LogP contribution in [-0.4, -0.2) is 58.4 Å². The van der Waals surface area contributed by atoms with Gasteiger partial charge in [-0.15, -0.1) is 0 Å². The van der Waals surface area contributed by atoms with Gasteiger partial charge in [-0.05, 0) is 32.4 Å². The van der Waals surface area contributed by atoms with E-state index in [4.69, 9.17) is 37.1 Å². The molecule has 3 rings (SSSR count). The summed E-state index contributed by atoms with van der Waals surface area (Å²) in [6.07, 6.45) is 0.385. The minimum atomic E-state index is -3.59. The molecule has 2 heterocycles. The summed E-state index contributed by atoms with van der Waals surface area (Å²) in [6.45, 7) is 5.89. The molecule has 208 valence electrons. The van der Waals surface area contributed by atoms with Gasteiger partial charge >= 0.3 is 7.60 Å². The first-order valence-corrected chi connectivity index (χ1v) is 14.3. The molecule has 0 saturated heterocycles. The second-order valence-corrected chi connectivity index (χ2v) is 10.6. The van der Waals surface area contributed by atoms with Gasteiger partial charge in [-0.25, -0.2) is 19.1 Å². The van der Waals surface area contributed by atoms with Crippen molar-refractivity contribution in [1.82, 2.24) is 19.9 Å². The molecular weight excluding hydrogens is 537 g/mol. The molecule has 0 saturated carbocycles. The predicted molar refractivity (Wildman–Crippen MR) is 143 cm³/mol. The number of nitrogen functional groups attached to an aromatic ring is 2. The first-order chi connectivity index (χ1) is 18.1. The van der Waals surface area contributed by atoms with E-state index in [2.05, 4.69) is 24.4 Å². The van der Waals surface area contributed by atoms with E-state index in [0.29, 0.717) is 31.9 Å². The Kier molecular flexibility index (Phi) is 10.3. The molecule has 0 bridgehead atoms. The Morgan fingerprint density at radius 3 is 2.68 bits per heavy atom. The fraction of sp³-hybridized carbons (Fsp3) is 0.478. The van der Waals surface area contributed by atoms with Crippen molar-refractivity contribution >= 4 is 47.8 Å². The highest BCUT2D eigenvalue weighted by Gasteiger charge is 2.26. The number of carbonyl (C=O) groups is 1. The van der Waals surface area contributed by atoms with E-state index in [-0.39, 0.29) is 48.4 Å². The smallest absolute Gasteiger partial charge is 0.328 e. The summed E-state index contributed by atoms with van der Waals surface area (Å²) >= 11 is 5.93. The standard InChI is InChI=1S/C23H33ClN7O6P/c1-4-30-17-13-15(36-10-6-12-38(33,34)37-5-2)7-8-16(17)31(9-11-35-3)18(30)14-27-23(32)19-21(25)29-22(26)20(24)28-19/h7-8,13H,4-6,9-12,14H2,1-3H3,(H5-,25,26,27,29,32,33,34)/p+1. The second-order valence-electron chi connectivity index (χ2n) is 8.25. The molecule has 13 nitrogen and oxygen atoms in total. The van der Waals surface area contributed by atoms with E-state index in [9.17, 15) is 14.3 Å². The van der Waals surface area contributed by atoms with Crippen molar-refractivity contribution in [1.29, 1.82) is 0 Å². The van der Waals surface area contributed by atoms with E-state index in [1.807, 2.05) is 25.1 Å². The second kappa shape index (κ2) is 13.2. The van der Waals surface area contributed by atoms with Crippen LogP contribution in [0.15, 0.2) is 18.2 Å². The lowest BCUT2D eigenvalue weighted by atomic mass is 10.3. The molecule has 15 heteroatoms. The summed E-state index contributed by atoms with van der Waals surface area (Å²) in [4.78, 5) is 30.4. The molecule has 0 aliphatic heterocycles. The number of nitrogens with zero attached hydrogens (tertiary/aromatic N) is 4. The maximum Gasteiger partial charge on any atom is 0.328 e. The number of anilines is 2. The molecule has 1 amide bonds. The van der Waals surface area contributed by atoms with Crippen LogP contribution in [0.1, 0.15) is 36.6 Å². The maximum absolute atomic E-state index is 12.9. The van der Waals surface area contributed by atoms with Crippen LogP contribution in [0.4, 0.5) is 11.6 Å². The number of halogens is 1. The summed E-state index contributed by atoms with van der Waals surface area (Å²) in [6, 6.07) is 5.66. The van der Waals surface area contributed by atoms with Gasteiger partial charge in [0.2, 0.25) is 0 Å². The Labute approximate surface area is 225 Å². The number of nitrogens with two attached hydrogens (primary N) is 2. The van der Waals surface area contributed by atoms with Crippen molar-refractivity contribution in [2.45, 2.75) is 39.9 Å². The van der Waals surface area contributed by atoms with Crippen molar-refractivity contribution in [2.24, 2.45) is 0 Å². The zero-order valence-electron chi connectivity index (χ0n) is 21.6. The zero-order chi connectivity index (χ0) is 27.9. The van der Waals surface area contributed by atoms with Gasteiger partial charge in [0.1, 0.15) is 18.8 Å². The van der Waals surface area contributed by atoms with Crippen molar-refractivity contribution in [3.8, 4) is 5.75 Å². The molecule has 0 radical (unpaired) electrons. The average molecular weight is 571 g/mol. The zero-order valence-corrected chi connectivity index (χ0v) is 23.3. The van der Waals surface area contributed by atoms with E-state index in [1.165, 1.54) is 0 Å². The number of aromatic nitrogens is 4. The van der Waals surface area contributed by atoms with Gasteiger partial charge in [0.25, 0.3) is 11.7 Å².